The number of carbonyl (C=O) groups is 3. The molecule has 1 aliphatic rings. The molecule has 0 aliphatic carbocycles. The van der Waals surface area contributed by atoms with Crippen LogP contribution in [0.5, 0.6) is 11.5 Å². The van der Waals surface area contributed by atoms with Gasteiger partial charge in [0.25, 0.3) is 17.1 Å². The standard InChI is InChI=1S/C28H25ClN2O5S/c1-3-35-24-14-19(12-13-23(24)36-17-26(32)30-22-11-7-6-10-21(22)29)15-25-27(33)31(28(34)37-25)16-20-9-5-4-8-18(20)2/h4-15H,3,16-17H2,1-2H3,(H,30,32)/b25-15-. The first kappa shape index (κ1) is 26.3. The van der Waals surface area contributed by atoms with Gasteiger partial charge in [-0.1, -0.05) is 54.1 Å². The molecule has 7 nitrogen and oxygen atoms in total. The highest BCUT2D eigenvalue weighted by atomic mass is 35.5. The molecule has 1 aliphatic heterocycles. The van der Waals surface area contributed by atoms with Crippen molar-refractivity contribution in [3.05, 3.63) is 93.3 Å². The number of carbonyl (C=O) groups excluding carboxylic acids is 3. The van der Waals surface area contributed by atoms with Crippen LogP contribution in [0.25, 0.3) is 6.08 Å². The second kappa shape index (κ2) is 12.0. The highest BCUT2D eigenvalue weighted by Gasteiger charge is 2.35. The Bertz CT molecular complexity index is 1370. The minimum atomic E-state index is -0.373. The lowest BCUT2D eigenvalue weighted by Crippen LogP contribution is -2.27. The van der Waals surface area contributed by atoms with E-state index in [-0.39, 0.29) is 30.2 Å². The summed E-state index contributed by atoms with van der Waals surface area (Å²) in [6.45, 7) is 4.13. The lowest BCUT2D eigenvalue weighted by atomic mass is 10.1. The molecule has 0 unspecified atom stereocenters. The number of benzene rings is 3. The number of nitrogens with zero attached hydrogens (tertiary/aromatic N) is 1. The summed E-state index contributed by atoms with van der Waals surface area (Å²) >= 11 is 6.99. The third kappa shape index (κ3) is 6.53. The molecule has 1 heterocycles. The van der Waals surface area contributed by atoms with Crippen molar-refractivity contribution in [2.75, 3.05) is 18.5 Å². The summed E-state index contributed by atoms with van der Waals surface area (Å²) in [5.41, 5.74) is 3.10. The fourth-order valence-corrected chi connectivity index (χ4v) is 4.66. The molecule has 3 amide bonds. The first-order chi connectivity index (χ1) is 17.9. The van der Waals surface area contributed by atoms with Crippen molar-refractivity contribution < 1.29 is 23.9 Å². The van der Waals surface area contributed by atoms with Gasteiger partial charge < -0.3 is 14.8 Å². The fourth-order valence-electron chi connectivity index (χ4n) is 3.64. The van der Waals surface area contributed by atoms with E-state index in [1.807, 2.05) is 38.1 Å². The van der Waals surface area contributed by atoms with Gasteiger partial charge in [0, 0.05) is 0 Å². The third-order valence-electron chi connectivity index (χ3n) is 5.54. The number of rotatable bonds is 9. The van der Waals surface area contributed by atoms with Gasteiger partial charge in [-0.3, -0.25) is 19.3 Å². The van der Waals surface area contributed by atoms with Gasteiger partial charge in [0.05, 0.1) is 28.8 Å². The molecule has 0 spiro atoms. The summed E-state index contributed by atoms with van der Waals surface area (Å²) in [6, 6.07) is 19.7. The molecule has 37 heavy (non-hydrogen) atoms. The topological polar surface area (TPSA) is 84.9 Å². The SMILES string of the molecule is CCOc1cc(/C=C2\SC(=O)N(Cc3ccccc3C)C2=O)ccc1OCC(=O)Nc1ccccc1Cl. The van der Waals surface area contributed by atoms with Crippen LogP contribution in [0.2, 0.25) is 5.02 Å². The maximum absolute atomic E-state index is 13.0. The molecule has 3 aromatic carbocycles. The molecule has 0 aromatic heterocycles. The first-order valence-electron chi connectivity index (χ1n) is 11.6. The quantitative estimate of drug-likeness (QED) is 0.323. The molecule has 190 valence electrons. The Morgan fingerprint density at radius 1 is 1.03 bits per heavy atom. The number of imide groups is 1. The highest BCUT2D eigenvalue weighted by Crippen LogP contribution is 2.35. The minimum Gasteiger partial charge on any atom is -0.490 e. The normalized spacial score (nSPS) is 14.2. The van der Waals surface area contributed by atoms with Crippen molar-refractivity contribution in [2.45, 2.75) is 20.4 Å². The van der Waals surface area contributed by atoms with Gasteiger partial charge in [-0.2, -0.15) is 0 Å². The molecular weight excluding hydrogens is 512 g/mol. The number of halogens is 1. The van der Waals surface area contributed by atoms with E-state index in [0.29, 0.717) is 39.3 Å². The lowest BCUT2D eigenvalue weighted by molar-refractivity contribution is -0.123. The zero-order chi connectivity index (χ0) is 26.4. The number of para-hydroxylation sites is 1. The Morgan fingerprint density at radius 2 is 1.78 bits per heavy atom. The molecule has 3 aromatic rings. The molecule has 1 fully saturated rings. The van der Waals surface area contributed by atoms with Gasteiger partial charge >= 0.3 is 0 Å². The number of aryl methyl sites for hydroxylation is 1. The smallest absolute Gasteiger partial charge is 0.293 e. The number of hydrogen-bond donors (Lipinski definition) is 1. The zero-order valence-corrected chi connectivity index (χ0v) is 21.9. The summed E-state index contributed by atoms with van der Waals surface area (Å²) in [5.74, 6) is 0.0802. The molecule has 4 rings (SSSR count). The van der Waals surface area contributed by atoms with E-state index in [0.717, 1.165) is 22.9 Å². The van der Waals surface area contributed by atoms with Gasteiger partial charge in [-0.15, -0.1) is 0 Å². The number of amides is 3. The second-order valence-electron chi connectivity index (χ2n) is 8.15. The Labute approximate surface area is 224 Å². The monoisotopic (exact) mass is 536 g/mol. The van der Waals surface area contributed by atoms with Crippen molar-refractivity contribution in [1.29, 1.82) is 0 Å². The van der Waals surface area contributed by atoms with E-state index in [1.165, 1.54) is 4.90 Å². The van der Waals surface area contributed by atoms with Crippen LogP contribution in [0.1, 0.15) is 23.6 Å². The van der Waals surface area contributed by atoms with Crippen LogP contribution >= 0.6 is 23.4 Å². The first-order valence-corrected chi connectivity index (χ1v) is 12.8. The summed E-state index contributed by atoms with van der Waals surface area (Å²) in [5, 5.41) is 2.82. The van der Waals surface area contributed by atoms with Gasteiger partial charge in [-0.25, -0.2) is 0 Å². The average molecular weight is 537 g/mol. The Balaban J connectivity index is 1.45. The molecule has 0 atom stereocenters. The van der Waals surface area contributed by atoms with Gasteiger partial charge in [-0.05, 0) is 72.6 Å². The van der Waals surface area contributed by atoms with Crippen LogP contribution in [0.15, 0.2) is 71.6 Å². The molecule has 0 radical (unpaired) electrons. The number of ether oxygens (including phenoxy) is 2. The van der Waals surface area contributed by atoms with Crippen LogP contribution in [0, 0.1) is 6.92 Å². The maximum atomic E-state index is 13.0. The van der Waals surface area contributed by atoms with Crippen molar-refractivity contribution in [3.8, 4) is 11.5 Å². The molecule has 0 bridgehead atoms. The molecule has 0 saturated carbocycles. The number of thioether (sulfide) groups is 1. The summed E-state index contributed by atoms with van der Waals surface area (Å²) in [6.07, 6.45) is 1.65. The predicted octanol–water partition coefficient (Wildman–Crippen LogP) is 6.30. The largest absolute Gasteiger partial charge is 0.490 e. The number of anilines is 1. The fraction of sp³-hybridized carbons (Fsp3) is 0.179. The van der Waals surface area contributed by atoms with E-state index in [1.54, 1.807) is 48.5 Å². The minimum absolute atomic E-state index is 0.224. The second-order valence-corrected chi connectivity index (χ2v) is 9.55. The Morgan fingerprint density at radius 3 is 2.54 bits per heavy atom. The summed E-state index contributed by atoms with van der Waals surface area (Å²) < 4.78 is 11.4. The van der Waals surface area contributed by atoms with Crippen molar-refractivity contribution >= 4 is 52.2 Å². The van der Waals surface area contributed by atoms with E-state index in [4.69, 9.17) is 21.1 Å². The molecule has 1 N–H and O–H groups in total. The van der Waals surface area contributed by atoms with Crippen molar-refractivity contribution in [2.24, 2.45) is 0 Å². The molecular formula is C28H25ClN2O5S. The van der Waals surface area contributed by atoms with Crippen LogP contribution in [-0.2, 0) is 16.1 Å². The maximum Gasteiger partial charge on any atom is 0.293 e. The van der Waals surface area contributed by atoms with Crippen molar-refractivity contribution in [3.63, 3.8) is 0 Å². The van der Waals surface area contributed by atoms with Gasteiger partial charge in [0.15, 0.2) is 18.1 Å². The third-order valence-corrected chi connectivity index (χ3v) is 6.77. The van der Waals surface area contributed by atoms with Crippen LogP contribution < -0.4 is 14.8 Å². The van der Waals surface area contributed by atoms with E-state index in [2.05, 4.69) is 5.32 Å². The van der Waals surface area contributed by atoms with E-state index in [9.17, 15) is 14.4 Å². The van der Waals surface area contributed by atoms with E-state index >= 15 is 0 Å². The number of hydrogen-bond acceptors (Lipinski definition) is 6. The van der Waals surface area contributed by atoms with Gasteiger partial charge in [0.2, 0.25) is 0 Å². The lowest BCUT2D eigenvalue weighted by Gasteiger charge is -2.14. The van der Waals surface area contributed by atoms with Gasteiger partial charge in [0.1, 0.15) is 0 Å². The highest BCUT2D eigenvalue weighted by molar-refractivity contribution is 8.18. The van der Waals surface area contributed by atoms with Crippen LogP contribution in [0.4, 0.5) is 10.5 Å². The Kier molecular flexibility index (Phi) is 8.53. The predicted molar refractivity (Wildman–Crippen MR) is 146 cm³/mol. The molecule has 9 heteroatoms. The number of nitrogens with one attached hydrogen (secondary N) is 1. The zero-order valence-electron chi connectivity index (χ0n) is 20.3. The molecule has 1 saturated heterocycles. The van der Waals surface area contributed by atoms with Crippen LogP contribution in [0.3, 0.4) is 0 Å². The Hall–Kier alpha value is -3.75. The summed E-state index contributed by atoms with van der Waals surface area (Å²) in [4.78, 5) is 39.4. The average Bonchev–Trinajstić information content (AvgIpc) is 3.13. The summed E-state index contributed by atoms with van der Waals surface area (Å²) in [7, 11) is 0. The van der Waals surface area contributed by atoms with Crippen LogP contribution in [-0.4, -0.2) is 35.2 Å². The van der Waals surface area contributed by atoms with E-state index < -0.39 is 0 Å². The van der Waals surface area contributed by atoms with Crippen molar-refractivity contribution in [1.82, 2.24) is 4.90 Å².